The van der Waals surface area contributed by atoms with Crippen molar-refractivity contribution in [3.05, 3.63) is 0 Å². The van der Waals surface area contributed by atoms with Gasteiger partial charge in [0, 0.05) is 12.6 Å². The zero-order valence-electron chi connectivity index (χ0n) is 5.60. The Morgan fingerprint density at radius 3 is 2.78 bits per heavy atom. The van der Waals surface area contributed by atoms with Crippen molar-refractivity contribution in [1.29, 1.82) is 0 Å². The zero-order valence-corrected chi connectivity index (χ0v) is 5.60. The third kappa shape index (κ3) is 2.30. The fraction of sp³-hybridized carbons (Fsp3) is 1.00. The van der Waals surface area contributed by atoms with Gasteiger partial charge in [0.15, 0.2) is 0 Å². The van der Waals surface area contributed by atoms with Gasteiger partial charge < -0.3 is 10.2 Å². The Hall–Kier alpha value is -0.120. The second kappa shape index (κ2) is 3.82. The molecule has 1 fully saturated rings. The smallest absolute Gasteiger partial charge is 0.0803 e. The molecule has 0 aromatic carbocycles. The molecule has 0 heterocycles. The average molecular weight is 130 g/mol. The standard InChI is InChI=1S/C6H14N2O/c7-9-5-4-8-6-2-1-3-6/h6,8H,1-5,7H2. The molecule has 0 atom stereocenters. The van der Waals surface area contributed by atoms with Crippen LogP contribution in [0.25, 0.3) is 0 Å². The summed E-state index contributed by atoms with van der Waals surface area (Å²) in [5, 5.41) is 3.32. The summed E-state index contributed by atoms with van der Waals surface area (Å²) in [6.45, 7) is 1.51. The van der Waals surface area contributed by atoms with E-state index in [0.29, 0.717) is 6.61 Å². The minimum Gasteiger partial charge on any atom is -0.312 e. The van der Waals surface area contributed by atoms with Crippen LogP contribution in [0.15, 0.2) is 0 Å². The molecule has 0 spiro atoms. The van der Waals surface area contributed by atoms with E-state index in [1.54, 1.807) is 0 Å². The van der Waals surface area contributed by atoms with E-state index >= 15 is 0 Å². The second-order valence-electron chi connectivity index (χ2n) is 2.45. The fourth-order valence-corrected chi connectivity index (χ4v) is 0.934. The van der Waals surface area contributed by atoms with Crippen LogP contribution in [0.5, 0.6) is 0 Å². The Bertz CT molecular complexity index is 73.5. The van der Waals surface area contributed by atoms with Crippen LogP contribution in [-0.2, 0) is 4.84 Å². The van der Waals surface area contributed by atoms with Crippen LogP contribution < -0.4 is 11.2 Å². The molecule has 0 amide bonds. The van der Waals surface area contributed by atoms with Crippen LogP contribution in [0.4, 0.5) is 0 Å². The topological polar surface area (TPSA) is 47.3 Å². The highest BCUT2D eigenvalue weighted by Crippen LogP contribution is 2.17. The number of nitrogens with one attached hydrogen (secondary N) is 1. The van der Waals surface area contributed by atoms with Gasteiger partial charge in [-0.05, 0) is 12.8 Å². The van der Waals surface area contributed by atoms with Gasteiger partial charge in [-0.3, -0.25) is 0 Å². The quantitative estimate of drug-likeness (QED) is 0.416. The first kappa shape index (κ1) is 6.99. The molecule has 0 unspecified atom stereocenters. The Kier molecular flexibility index (Phi) is 2.97. The molecule has 3 heteroatoms. The summed E-state index contributed by atoms with van der Waals surface area (Å²) in [6, 6.07) is 0.750. The van der Waals surface area contributed by atoms with Gasteiger partial charge in [0.1, 0.15) is 0 Å². The number of nitrogens with two attached hydrogens (primary N) is 1. The van der Waals surface area contributed by atoms with E-state index in [9.17, 15) is 0 Å². The van der Waals surface area contributed by atoms with Gasteiger partial charge in [0.2, 0.25) is 0 Å². The molecule has 0 bridgehead atoms. The van der Waals surface area contributed by atoms with Gasteiger partial charge >= 0.3 is 0 Å². The summed E-state index contributed by atoms with van der Waals surface area (Å²) in [6.07, 6.45) is 4.02. The van der Waals surface area contributed by atoms with E-state index in [4.69, 9.17) is 5.90 Å². The predicted octanol–water partition coefficient (Wildman–Crippen LogP) is 0.0188. The van der Waals surface area contributed by atoms with Crippen molar-refractivity contribution in [3.63, 3.8) is 0 Å². The first-order valence-electron chi connectivity index (χ1n) is 3.48. The number of rotatable bonds is 4. The summed E-state index contributed by atoms with van der Waals surface area (Å²) < 4.78 is 0. The highest BCUT2D eigenvalue weighted by Gasteiger charge is 2.15. The highest BCUT2D eigenvalue weighted by molar-refractivity contribution is 4.75. The van der Waals surface area contributed by atoms with Crippen molar-refractivity contribution in [2.75, 3.05) is 13.2 Å². The van der Waals surface area contributed by atoms with E-state index < -0.39 is 0 Å². The minimum absolute atomic E-state index is 0.622. The summed E-state index contributed by atoms with van der Waals surface area (Å²) in [4.78, 5) is 4.40. The molecule has 1 aliphatic rings. The number of hydrogen-bond donors (Lipinski definition) is 2. The molecule has 0 saturated heterocycles. The van der Waals surface area contributed by atoms with Crippen molar-refractivity contribution in [2.24, 2.45) is 5.90 Å². The molecule has 1 rings (SSSR count). The van der Waals surface area contributed by atoms with Crippen LogP contribution >= 0.6 is 0 Å². The maximum atomic E-state index is 4.83. The maximum absolute atomic E-state index is 4.83. The molecule has 3 nitrogen and oxygen atoms in total. The zero-order chi connectivity index (χ0) is 6.53. The first-order valence-corrected chi connectivity index (χ1v) is 3.48. The van der Waals surface area contributed by atoms with E-state index in [1.807, 2.05) is 0 Å². The summed E-state index contributed by atoms with van der Waals surface area (Å²) >= 11 is 0. The lowest BCUT2D eigenvalue weighted by Gasteiger charge is -2.26. The van der Waals surface area contributed by atoms with Crippen molar-refractivity contribution in [1.82, 2.24) is 5.32 Å². The molecule has 9 heavy (non-hydrogen) atoms. The molecule has 0 radical (unpaired) electrons. The molecule has 0 aromatic rings. The van der Waals surface area contributed by atoms with Gasteiger partial charge in [-0.25, -0.2) is 5.90 Å². The Morgan fingerprint density at radius 2 is 2.33 bits per heavy atom. The van der Waals surface area contributed by atoms with Crippen LogP contribution in [0, 0.1) is 0 Å². The maximum Gasteiger partial charge on any atom is 0.0803 e. The van der Waals surface area contributed by atoms with Gasteiger partial charge in [0.25, 0.3) is 0 Å². The summed E-state index contributed by atoms with van der Waals surface area (Å²) in [5.74, 6) is 4.83. The third-order valence-corrected chi connectivity index (χ3v) is 1.76. The van der Waals surface area contributed by atoms with E-state index in [0.717, 1.165) is 12.6 Å². The van der Waals surface area contributed by atoms with E-state index in [-0.39, 0.29) is 0 Å². The largest absolute Gasteiger partial charge is 0.312 e. The average Bonchev–Trinajstić information content (AvgIpc) is 1.76. The molecule has 1 saturated carbocycles. The third-order valence-electron chi connectivity index (χ3n) is 1.76. The van der Waals surface area contributed by atoms with Crippen molar-refractivity contribution >= 4 is 0 Å². The molecule has 54 valence electrons. The lowest BCUT2D eigenvalue weighted by atomic mass is 9.93. The van der Waals surface area contributed by atoms with Crippen LogP contribution in [0.3, 0.4) is 0 Å². The number of hydrogen-bond acceptors (Lipinski definition) is 3. The fourth-order valence-electron chi connectivity index (χ4n) is 0.934. The highest BCUT2D eigenvalue weighted by atomic mass is 16.6. The lowest BCUT2D eigenvalue weighted by Crippen LogP contribution is -2.37. The van der Waals surface area contributed by atoms with E-state index in [2.05, 4.69) is 10.2 Å². The van der Waals surface area contributed by atoms with Crippen molar-refractivity contribution in [3.8, 4) is 0 Å². The second-order valence-corrected chi connectivity index (χ2v) is 2.45. The molecule has 0 aliphatic heterocycles. The summed E-state index contributed by atoms with van der Waals surface area (Å²) in [7, 11) is 0. The predicted molar refractivity (Wildman–Crippen MR) is 35.8 cm³/mol. The molecule has 1 aliphatic carbocycles. The van der Waals surface area contributed by atoms with E-state index in [1.165, 1.54) is 19.3 Å². The van der Waals surface area contributed by atoms with Gasteiger partial charge in [-0.15, -0.1) is 0 Å². The van der Waals surface area contributed by atoms with Crippen LogP contribution in [0.2, 0.25) is 0 Å². The minimum atomic E-state index is 0.622. The van der Waals surface area contributed by atoms with Gasteiger partial charge in [0.05, 0.1) is 6.61 Å². The molecular weight excluding hydrogens is 116 g/mol. The normalized spacial score (nSPS) is 19.7. The monoisotopic (exact) mass is 130 g/mol. The molecule has 0 aromatic heterocycles. The van der Waals surface area contributed by atoms with Crippen molar-refractivity contribution < 1.29 is 4.84 Å². The first-order chi connectivity index (χ1) is 4.43. The van der Waals surface area contributed by atoms with Crippen molar-refractivity contribution in [2.45, 2.75) is 25.3 Å². The SMILES string of the molecule is NOCCNC1CCC1. The van der Waals surface area contributed by atoms with Gasteiger partial charge in [-0.2, -0.15) is 0 Å². The van der Waals surface area contributed by atoms with Gasteiger partial charge in [-0.1, -0.05) is 6.42 Å². The Balaban J connectivity index is 1.80. The van der Waals surface area contributed by atoms with Crippen LogP contribution in [-0.4, -0.2) is 19.2 Å². The Labute approximate surface area is 55.5 Å². The Morgan fingerprint density at radius 1 is 1.56 bits per heavy atom. The van der Waals surface area contributed by atoms with Crippen LogP contribution in [0.1, 0.15) is 19.3 Å². The molecular formula is C6H14N2O. The summed E-state index contributed by atoms with van der Waals surface area (Å²) in [5.41, 5.74) is 0. The lowest BCUT2D eigenvalue weighted by molar-refractivity contribution is 0.133. The molecule has 3 N–H and O–H groups in total.